The highest BCUT2D eigenvalue weighted by atomic mass is 16.4. The number of carboxylic acids is 1. The van der Waals surface area contributed by atoms with Gasteiger partial charge in [0.05, 0.1) is 12.1 Å². The molecule has 3 atom stereocenters. The third kappa shape index (κ3) is 6.21. The van der Waals surface area contributed by atoms with E-state index >= 15 is 0 Å². The zero-order chi connectivity index (χ0) is 19.7. The lowest BCUT2D eigenvalue weighted by atomic mass is 10.0. The number of unbranched alkanes of at least 4 members (excludes halogenated alkanes) is 1. The van der Waals surface area contributed by atoms with Crippen molar-refractivity contribution in [2.24, 2.45) is 17.2 Å². The van der Waals surface area contributed by atoms with E-state index in [0.717, 1.165) is 10.5 Å². The van der Waals surface area contributed by atoms with Crippen molar-refractivity contribution in [1.82, 2.24) is 4.90 Å². The SMILES string of the molecule is CC(N)C(=O)N(C(=O)C(N)Cc1ccccc1)C(CCCCN)C(=O)O. The Hall–Kier alpha value is -2.29. The van der Waals surface area contributed by atoms with Gasteiger partial charge in [0.25, 0.3) is 0 Å². The van der Waals surface area contributed by atoms with Gasteiger partial charge in [0.2, 0.25) is 11.8 Å². The fourth-order valence-corrected chi connectivity index (χ4v) is 2.61. The van der Waals surface area contributed by atoms with Gasteiger partial charge in [-0.3, -0.25) is 14.5 Å². The number of carboxylic acid groups (broad SMARTS) is 1. The summed E-state index contributed by atoms with van der Waals surface area (Å²) in [7, 11) is 0. The lowest BCUT2D eigenvalue weighted by Crippen LogP contribution is -2.58. The van der Waals surface area contributed by atoms with Crippen LogP contribution < -0.4 is 17.2 Å². The quantitative estimate of drug-likeness (QED) is 0.421. The molecule has 0 aliphatic rings. The smallest absolute Gasteiger partial charge is 0.326 e. The van der Waals surface area contributed by atoms with Crippen molar-refractivity contribution >= 4 is 17.8 Å². The van der Waals surface area contributed by atoms with Crippen LogP contribution in [0.3, 0.4) is 0 Å². The van der Waals surface area contributed by atoms with Gasteiger partial charge in [0.15, 0.2) is 0 Å². The number of benzene rings is 1. The number of nitrogens with zero attached hydrogens (tertiary/aromatic N) is 1. The van der Waals surface area contributed by atoms with Crippen LogP contribution in [-0.4, -0.2) is 52.5 Å². The Labute approximate surface area is 153 Å². The van der Waals surface area contributed by atoms with Gasteiger partial charge in [-0.1, -0.05) is 30.3 Å². The summed E-state index contributed by atoms with van der Waals surface area (Å²) >= 11 is 0. The highest BCUT2D eigenvalue weighted by Gasteiger charge is 2.37. The van der Waals surface area contributed by atoms with Crippen molar-refractivity contribution in [2.75, 3.05) is 6.54 Å². The Morgan fingerprint density at radius 2 is 1.69 bits per heavy atom. The molecule has 1 aromatic rings. The third-order valence-electron chi connectivity index (χ3n) is 4.01. The van der Waals surface area contributed by atoms with Crippen molar-refractivity contribution in [1.29, 1.82) is 0 Å². The molecule has 0 aliphatic carbocycles. The number of carbonyl (C=O) groups excluding carboxylic acids is 2. The number of hydrogen-bond acceptors (Lipinski definition) is 6. The third-order valence-corrected chi connectivity index (χ3v) is 4.01. The van der Waals surface area contributed by atoms with Crippen molar-refractivity contribution in [3.05, 3.63) is 35.9 Å². The molecule has 1 aromatic carbocycles. The number of carbonyl (C=O) groups is 3. The molecule has 0 saturated carbocycles. The molecule has 26 heavy (non-hydrogen) atoms. The van der Waals surface area contributed by atoms with Crippen LogP contribution in [0.4, 0.5) is 0 Å². The van der Waals surface area contributed by atoms with Crippen LogP contribution in [0.25, 0.3) is 0 Å². The number of imide groups is 1. The summed E-state index contributed by atoms with van der Waals surface area (Å²) in [6, 6.07) is 5.70. The molecule has 3 unspecified atom stereocenters. The van der Waals surface area contributed by atoms with E-state index in [9.17, 15) is 19.5 Å². The van der Waals surface area contributed by atoms with Crippen LogP contribution in [0.5, 0.6) is 0 Å². The Kier molecular flexibility index (Phi) is 8.91. The standard InChI is InChI=1S/C18H28N4O4/c1-12(20)16(23)22(15(18(25)26)9-5-6-10-19)17(24)14(21)11-13-7-3-2-4-8-13/h2-4,7-8,12,14-15H,5-6,9-11,19-21H2,1H3,(H,25,26). The van der Waals surface area contributed by atoms with E-state index in [1.54, 1.807) is 12.1 Å². The number of rotatable bonds is 10. The van der Waals surface area contributed by atoms with Crippen molar-refractivity contribution in [3.63, 3.8) is 0 Å². The molecular weight excluding hydrogens is 336 g/mol. The van der Waals surface area contributed by atoms with Gasteiger partial charge < -0.3 is 22.3 Å². The molecular formula is C18H28N4O4. The molecule has 7 N–H and O–H groups in total. The van der Waals surface area contributed by atoms with Gasteiger partial charge >= 0.3 is 5.97 Å². The molecule has 0 fully saturated rings. The van der Waals surface area contributed by atoms with E-state index in [4.69, 9.17) is 17.2 Å². The monoisotopic (exact) mass is 364 g/mol. The van der Waals surface area contributed by atoms with E-state index in [1.807, 2.05) is 18.2 Å². The number of hydrogen-bond donors (Lipinski definition) is 4. The van der Waals surface area contributed by atoms with E-state index in [-0.39, 0.29) is 12.8 Å². The zero-order valence-corrected chi connectivity index (χ0v) is 15.0. The first kappa shape index (κ1) is 21.8. The molecule has 0 heterocycles. The molecule has 8 nitrogen and oxygen atoms in total. The fourth-order valence-electron chi connectivity index (χ4n) is 2.61. The maximum absolute atomic E-state index is 12.8. The molecule has 0 saturated heterocycles. The van der Waals surface area contributed by atoms with Crippen molar-refractivity contribution < 1.29 is 19.5 Å². The maximum atomic E-state index is 12.8. The van der Waals surface area contributed by atoms with Gasteiger partial charge in [-0.05, 0) is 44.7 Å². The Morgan fingerprint density at radius 3 is 2.19 bits per heavy atom. The summed E-state index contributed by atoms with van der Waals surface area (Å²) in [5.74, 6) is -2.76. The summed E-state index contributed by atoms with van der Waals surface area (Å²) in [6.45, 7) is 1.80. The summed E-state index contributed by atoms with van der Waals surface area (Å²) in [6.07, 6.45) is 1.36. The second-order valence-corrected chi connectivity index (χ2v) is 6.27. The molecule has 0 spiro atoms. The molecule has 144 valence electrons. The molecule has 8 heteroatoms. The molecule has 2 amide bonds. The van der Waals surface area contributed by atoms with E-state index in [2.05, 4.69) is 0 Å². The molecule has 0 radical (unpaired) electrons. The second-order valence-electron chi connectivity index (χ2n) is 6.27. The van der Waals surface area contributed by atoms with Crippen LogP contribution in [0.2, 0.25) is 0 Å². The molecule has 0 aliphatic heterocycles. The van der Waals surface area contributed by atoms with Crippen molar-refractivity contribution in [2.45, 2.75) is 50.7 Å². The number of amides is 2. The van der Waals surface area contributed by atoms with Gasteiger partial charge in [0.1, 0.15) is 6.04 Å². The number of nitrogens with two attached hydrogens (primary N) is 3. The first-order chi connectivity index (χ1) is 12.3. The summed E-state index contributed by atoms with van der Waals surface area (Å²) in [4.78, 5) is 37.7. The minimum atomic E-state index is -1.31. The van der Waals surface area contributed by atoms with Crippen LogP contribution >= 0.6 is 0 Å². The van der Waals surface area contributed by atoms with Gasteiger partial charge in [-0.25, -0.2) is 4.79 Å². The van der Waals surface area contributed by atoms with Gasteiger partial charge in [-0.15, -0.1) is 0 Å². The summed E-state index contributed by atoms with van der Waals surface area (Å²) in [5.41, 5.74) is 17.9. The molecule has 0 aromatic heterocycles. The second kappa shape index (κ2) is 10.6. The molecule has 1 rings (SSSR count). The molecule has 0 bridgehead atoms. The first-order valence-electron chi connectivity index (χ1n) is 8.64. The van der Waals surface area contributed by atoms with Crippen LogP contribution in [0, 0.1) is 0 Å². The van der Waals surface area contributed by atoms with Gasteiger partial charge in [-0.2, -0.15) is 0 Å². The summed E-state index contributed by atoms with van der Waals surface area (Å²) in [5, 5.41) is 9.54. The van der Waals surface area contributed by atoms with E-state index in [0.29, 0.717) is 19.4 Å². The van der Waals surface area contributed by atoms with Crippen molar-refractivity contribution in [3.8, 4) is 0 Å². The Morgan fingerprint density at radius 1 is 1.08 bits per heavy atom. The summed E-state index contributed by atoms with van der Waals surface area (Å²) < 4.78 is 0. The van der Waals surface area contributed by atoms with E-state index in [1.165, 1.54) is 6.92 Å². The van der Waals surface area contributed by atoms with Gasteiger partial charge in [0, 0.05) is 0 Å². The van der Waals surface area contributed by atoms with Crippen LogP contribution in [0.1, 0.15) is 31.7 Å². The lowest BCUT2D eigenvalue weighted by molar-refractivity contribution is -0.159. The lowest BCUT2D eigenvalue weighted by Gasteiger charge is -2.30. The fraction of sp³-hybridized carbons (Fsp3) is 0.500. The highest BCUT2D eigenvalue weighted by Crippen LogP contribution is 2.14. The predicted octanol–water partition coefficient (Wildman–Crippen LogP) is -0.159. The van der Waals surface area contributed by atoms with Crippen LogP contribution in [0.15, 0.2) is 30.3 Å². The first-order valence-corrected chi connectivity index (χ1v) is 8.64. The average molecular weight is 364 g/mol. The number of aliphatic carboxylic acids is 1. The largest absolute Gasteiger partial charge is 0.480 e. The Bertz CT molecular complexity index is 606. The van der Waals surface area contributed by atoms with E-state index < -0.39 is 35.9 Å². The minimum absolute atomic E-state index is 0.106. The van der Waals surface area contributed by atoms with Crippen LogP contribution in [-0.2, 0) is 20.8 Å². The minimum Gasteiger partial charge on any atom is -0.480 e. The predicted molar refractivity (Wildman–Crippen MR) is 98.0 cm³/mol. The topological polar surface area (TPSA) is 153 Å². The maximum Gasteiger partial charge on any atom is 0.326 e. The zero-order valence-electron chi connectivity index (χ0n) is 15.0. The normalized spacial score (nSPS) is 14.3. The average Bonchev–Trinajstić information content (AvgIpc) is 2.60. The Balaban J connectivity index is 3.03. The highest BCUT2D eigenvalue weighted by molar-refractivity contribution is 6.03.